The van der Waals surface area contributed by atoms with Crippen molar-refractivity contribution >= 4 is 29.7 Å². The number of nitrogens with one attached hydrogen (secondary N) is 1. The van der Waals surface area contributed by atoms with Gasteiger partial charge in [-0.05, 0) is 37.0 Å². The molecule has 2 heterocycles. The number of ketones is 1. The molecule has 3 aromatic rings. The van der Waals surface area contributed by atoms with Crippen molar-refractivity contribution in [3.8, 4) is 11.5 Å². The van der Waals surface area contributed by atoms with Crippen molar-refractivity contribution in [2.75, 3.05) is 34.4 Å². The summed E-state index contributed by atoms with van der Waals surface area (Å²) in [6, 6.07) is 3.41. The lowest BCUT2D eigenvalue weighted by Gasteiger charge is -2.25. The first-order chi connectivity index (χ1) is 17.0. The maximum atomic E-state index is 13.5. The molecule has 0 aliphatic heterocycles. The summed E-state index contributed by atoms with van der Waals surface area (Å²) in [5.74, 6) is 0.357. The highest BCUT2D eigenvalue weighted by Crippen LogP contribution is 2.40. The first kappa shape index (κ1) is 29.8. The molecule has 1 aromatic carbocycles. The maximum Gasteiger partial charge on any atom is 0.271 e. The predicted molar refractivity (Wildman–Crippen MR) is 141 cm³/mol. The lowest BCUT2D eigenvalue weighted by Crippen LogP contribution is -2.29. The number of carbonyl (C=O) groups excluding carboxylic acids is 2. The largest absolute Gasteiger partial charge is 0.493 e. The Morgan fingerprint density at radius 1 is 1.16 bits per heavy atom. The summed E-state index contributed by atoms with van der Waals surface area (Å²) in [6.45, 7) is 9.48. The van der Waals surface area contributed by atoms with Gasteiger partial charge in [0.1, 0.15) is 13.2 Å². The molecule has 0 saturated carbocycles. The third kappa shape index (κ3) is 5.78. The van der Waals surface area contributed by atoms with E-state index in [1.54, 1.807) is 40.3 Å². The molecule has 12 heteroatoms. The summed E-state index contributed by atoms with van der Waals surface area (Å²) < 4.78 is 14.2. The molecule has 0 unspecified atom stereocenters. The van der Waals surface area contributed by atoms with Gasteiger partial charge in [-0.3, -0.25) is 14.6 Å². The summed E-state index contributed by atoms with van der Waals surface area (Å²) in [7, 11) is 4.66. The predicted octanol–water partition coefficient (Wildman–Crippen LogP) is 2.02. The number of benzene rings is 1. The Balaban J connectivity index is 0.00000481. The van der Waals surface area contributed by atoms with Crippen molar-refractivity contribution in [1.29, 1.82) is 0 Å². The summed E-state index contributed by atoms with van der Waals surface area (Å²) in [6.07, 6.45) is 0. The molecule has 2 aromatic heterocycles. The number of hydrogen-bond donors (Lipinski definition) is 2. The van der Waals surface area contributed by atoms with Gasteiger partial charge in [0, 0.05) is 30.8 Å². The zero-order valence-corrected chi connectivity index (χ0v) is 23.3. The van der Waals surface area contributed by atoms with E-state index in [2.05, 4.69) is 20.5 Å². The quantitative estimate of drug-likeness (QED) is 0.422. The Morgan fingerprint density at radius 2 is 1.84 bits per heavy atom. The molecule has 0 spiro atoms. The van der Waals surface area contributed by atoms with E-state index in [0.717, 1.165) is 11.1 Å². The van der Waals surface area contributed by atoms with E-state index in [-0.39, 0.29) is 55.0 Å². The van der Waals surface area contributed by atoms with Gasteiger partial charge in [-0.15, -0.1) is 17.5 Å². The molecule has 0 bridgehead atoms. The second-order valence-electron chi connectivity index (χ2n) is 9.39. The van der Waals surface area contributed by atoms with Crippen LogP contribution in [0.4, 0.5) is 0 Å². The number of Topliss-reactive ketones (excluding diaryl/α,β-unsaturated/α-hetero) is 1. The van der Waals surface area contributed by atoms with Gasteiger partial charge in [0.05, 0.1) is 13.7 Å². The van der Waals surface area contributed by atoms with Crippen LogP contribution in [0.25, 0.3) is 5.65 Å². The molecular weight excluding hydrogens is 500 g/mol. The van der Waals surface area contributed by atoms with E-state index in [9.17, 15) is 14.7 Å². The van der Waals surface area contributed by atoms with Crippen molar-refractivity contribution in [2.45, 2.75) is 46.6 Å². The molecule has 0 fully saturated rings. The Labute approximate surface area is 221 Å². The minimum atomic E-state index is -0.339. The molecule has 0 aliphatic rings. The van der Waals surface area contributed by atoms with Gasteiger partial charge < -0.3 is 19.9 Å². The van der Waals surface area contributed by atoms with Crippen LogP contribution >= 0.6 is 12.4 Å². The molecule has 3 rings (SSSR count). The minimum Gasteiger partial charge on any atom is -0.493 e. The van der Waals surface area contributed by atoms with Gasteiger partial charge in [0.15, 0.2) is 28.6 Å². The zero-order valence-electron chi connectivity index (χ0n) is 22.5. The van der Waals surface area contributed by atoms with E-state index in [1.807, 2.05) is 27.7 Å². The number of amides is 1. The van der Waals surface area contributed by atoms with Gasteiger partial charge in [0.25, 0.3) is 5.91 Å². The Hall–Kier alpha value is -3.44. The second kappa shape index (κ2) is 11.7. The van der Waals surface area contributed by atoms with Crippen LogP contribution in [0.3, 0.4) is 0 Å². The van der Waals surface area contributed by atoms with Crippen molar-refractivity contribution in [1.82, 2.24) is 24.7 Å². The number of rotatable bonds is 8. The fraction of sp³-hybridized carbons (Fsp3) is 0.480. The summed E-state index contributed by atoms with van der Waals surface area (Å²) in [4.78, 5) is 30.1. The third-order valence-electron chi connectivity index (χ3n) is 5.96. The van der Waals surface area contributed by atoms with Crippen LogP contribution in [-0.2, 0) is 12.0 Å². The summed E-state index contributed by atoms with van der Waals surface area (Å²) >= 11 is 0. The van der Waals surface area contributed by atoms with Gasteiger partial charge in [0.2, 0.25) is 5.62 Å². The van der Waals surface area contributed by atoms with Gasteiger partial charge >= 0.3 is 0 Å². The lowest BCUT2D eigenvalue weighted by molar-refractivity contribution is 0.0950. The number of aromatic nitrogens is 4. The molecule has 0 saturated heterocycles. The molecule has 1 amide bonds. The van der Waals surface area contributed by atoms with E-state index in [0.29, 0.717) is 33.9 Å². The number of hydrogen-bond acceptors (Lipinski definition) is 8. The molecule has 2 N–H and O–H groups in total. The number of carbonyl (C=O) groups is 2. The molecule has 0 radical (unpaired) electrons. The lowest BCUT2D eigenvalue weighted by atomic mass is 9.84. The fourth-order valence-corrected chi connectivity index (χ4v) is 3.92. The van der Waals surface area contributed by atoms with Crippen LogP contribution in [0.2, 0.25) is 0 Å². The molecule has 202 valence electrons. The van der Waals surface area contributed by atoms with Gasteiger partial charge in [-0.1, -0.05) is 20.8 Å². The van der Waals surface area contributed by atoms with Gasteiger partial charge in [-0.2, -0.15) is 9.61 Å². The fourth-order valence-electron chi connectivity index (χ4n) is 3.92. The van der Waals surface area contributed by atoms with E-state index < -0.39 is 0 Å². The van der Waals surface area contributed by atoms with Gasteiger partial charge in [-0.25, -0.2) is 4.68 Å². The maximum absolute atomic E-state index is 13.5. The number of methoxy groups -OCH3 is 1. The minimum absolute atomic E-state index is 0. The first-order valence-corrected chi connectivity index (χ1v) is 11.6. The second-order valence-corrected chi connectivity index (χ2v) is 9.39. The molecule has 11 nitrogen and oxygen atoms in total. The summed E-state index contributed by atoms with van der Waals surface area (Å²) in [5.41, 5.74) is 3.42. The molecule has 0 aliphatic carbocycles. The smallest absolute Gasteiger partial charge is 0.271 e. The average Bonchev–Trinajstić information content (AvgIpc) is 3.19. The van der Waals surface area contributed by atoms with Crippen LogP contribution in [-0.4, -0.2) is 70.6 Å². The Kier molecular flexibility index (Phi) is 9.45. The molecular formula is C25H35ClN6O5. The number of fused-ring (bicyclic) bond motifs is 1. The first-order valence-electron chi connectivity index (χ1n) is 11.6. The van der Waals surface area contributed by atoms with Crippen molar-refractivity contribution in [3.05, 3.63) is 45.7 Å². The highest BCUT2D eigenvalue weighted by Gasteiger charge is 2.26. The highest BCUT2D eigenvalue weighted by molar-refractivity contribution is 5.97. The monoisotopic (exact) mass is 534 g/mol. The third-order valence-corrected chi connectivity index (χ3v) is 5.96. The van der Waals surface area contributed by atoms with E-state index >= 15 is 0 Å². The summed E-state index contributed by atoms with van der Waals surface area (Å²) in [5, 5.41) is 20.9. The standard InChI is InChI=1S/C25H34N6O5.ClH/c1-14-15(2)22-29-30(24(27-7)31(22)28-20(14)23(34)26-6)13-18(33)16-11-17(25(3,4)5)21(35-8)19(12-16)36-10-9-32;/h11-12,32H,9-10,13H2,1-8H3,(H,26,34);1H. The Bertz CT molecular complexity index is 1390. The normalized spacial score (nSPS) is 11.9. The van der Waals surface area contributed by atoms with Crippen molar-refractivity contribution in [2.24, 2.45) is 4.99 Å². The van der Waals surface area contributed by atoms with Crippen LogP contribution in [0.15, 0.2) is 17.1 Å². The SMILES string of the molecule is CN=c1n(CC(=O)c2cc(OCCO)c(OC)c(C(C)(C)C)c2)nc2c(C)c(C)c(C(=O)NC)nn12.Cl. The zero-order chi connectivity index (χ0) is 26.8. The number of aliphatic hydroxyl groups is 1. The van der Waals surface area contributed by atoms with Crippen LogP contribution in [0.1, 0.15) is 58.3 Å². The number of aliphatic hydroxyl groups excluding tert-OH is 1. The van der Waals surface area contributed by atoms with Crippen LogP contribution < -0.4 is 20.4 Å². The van der Waals surface area contributed by atoms with E-state index in [1.165, 1.54) is 9.20 Å². The number of aryl methyl sites for hydroxylation is 1. The Morgan fingerprint density at radius 3 is 2.38 bits per heavy atom. The van der Waals surface area contributed by atoms with Crippen LogP contribution in [0, 0.1) is 13.8 Å². The van der Waals surface area contributed by atoms with E-state index in [4.69, 9.17) is 9.47 Å². The molecule has 0 atom stereocenters. The topological polar surface area (TPSA) is 132 Å². The number of halogens is 1. The van der Waals surface area contributed by atoms with Crippen molar-refractivity contribution < 1.29 is 24.2 Å². The average molecular weight is 535 g/mol. The highest BCUT2D eigenvalue weighted by atomic mass is 35.5. The number of nitrogens with zero attached hydrogens (tertiary/aromatic N) is 5. The number of ether oxygens (including phenoxy) is 2. The van der Waals surface area contributed by atoms with Crippen LogP contribution in [0.5, 0.6) is 11.5 Å². The van der Waals surface area contributed by atoms with Crippen molar-refractivity contribution in [3.63, 3.8) is 0 Å². The molecule has 37 heavy (non-hydrogen) atoms.